The number of hydrogen-bond acceptors (Lipinski definition) is 2. The van der Waals surface area contributed by atoms with Gasteiger partial charge in [0.05, 0.1) is 0 Å². The predicted octanol–water partition coefficient (Wildman–Crippen LogP) is 1.03. The first-order valence-corrected chi connectivity index (χ1v) is 4.31. The van der Waals surface area contributed by atoms with Crippen LogP contribution in [-0.4, -0.2) is 36.1 Å². The molecule has 1 fully saturated rings. The highest BCUT2D eigenvalue weighted by Crippen LogP contribution is 2.22. The second-order valence-electron chi connectivity index (χ2n) is 4.17. The summed E-state index contributed by atoms with van der Waals surface area (Å²) in [5.41, 5.74) is -0.0651. The molecule has 0 radical (unpaired) electrons. The van der Waals surface area contributed by atoms with Gasteiger partial charge in [-0.05, 0) is 20.8 Å². The number of carbonyl (C=O) groups excluding carboxylic acids is 1. The molecule has 0 spiro atoms. The molecule has 0 aliphatic carbocycles. The Kier molecular flexibility index (Phi) is 2.42. The summed E-state index contributed by atoms with van der Waals surface area (Å²) in [7, 11) is 1.59. The zero-order chi connectivity index (χ0) is 9.35. The Morgan fingerprint density at radius 2 is 2.08 bits per heavy atom. The maximum absolute atomic E-state index is 11.6. The molecule has 0 aromatic heterocycles. The fourth-order valence-electron chi connectivity index (χ4n) is 1.54. The summed E-state index contributed by atoms with van der Waals surface area (Å²) in [5, 5.41) is 0. The molecule has 1 aliphatic rings. The zero-order valence-corrected chi connectivity index (χ0v) is 8.26. The monoisotopic (exact) mass is 171 g/mol. The molecule has 1 saturated heterocycles. The van der Waals surface area contributed by atoms with Crippen molar-refractivity contribution in [1.29, 1.82) is 0 Å². The van der Waals surface area contributed by atoms with Crippen molar-refractivity contribution in [3.8, 4) is 0 Å². The van der Waals surface area contributed by atoms with Crippen LogP contribution in [0.25, 0.3) is 0 Å². The van der Waals surface area contributed by atoms with Crippen molar-refractivity contribution in [3.05, 3.63) is 0 Å². The van der Waals surface area contributed by atoms with E-state index in [1.807, 2.05) is 25.7 Å². The lowest BCUT2D eigenvalue weighted by molar-refractivity contribution is -0.139. The Morgan fingerprint density at radius 1 is 1.50 bits per heavy atom. The molecule has 1 amide bonds. The molecule has 0 unspecified atom stereocenters. The Labute approximate surface area is 73.7 Å². The van der Waals surface area contributed by atoms with Crippen LogP contribution in [-0.2, 0) is 9.53 Å². The molecule has 3 nitrogen and oxygen atoms in total. The lowest BCUT2D eigenvalue weighted by atomic mass is 10.1. The number of hydrogen-bond donors (Lipinski definition) is 0. The van der Waals surface area contributed by atoms with Crippen LogP contribution in [0.4, 0.5) is 0 Å². The van der Waals surface area contributed by atoms with Crippen LogP contribution >= 0.6 is 0 Å². The number of carbonyl (C=O) groups is 1. The minimum absolute atomic E-state index is 0.0651. The quantitative estimate of drug-likeness (QED) is 0.589. The largest absolute Gasteiger partial charge is 0.372 e. The van der Waals surface area contributed by atoms with Crippen molar-refractivity contribution >= 4 is 5.91 Å². The van der Waals surface area contributed by atoms with E-state index in [-0.39, 0.29) is 17.6 Å². The van der Waals surface area contributed by atoms with Crippen LogP contribution in [0.1, 0.15) is 27.2 Å². The van der Waals surface area contributed by atoms with Crippen molar-refractivity contribution in [3.63, 3.8) is 0 Å². The average molecular weight is 171 g/mol. The van der Waals surface area contributed by atoms with Crippen LogP contribution in [0, 0.1) is 0 Å². The molecule has 1 rings (SSSR count). The third kappa shape index (κ3) is 1.61. The molecule has 0 aromatic rings. The fraction of sp³-hybridized carbons (Fsp3) is 0.889. The number of amides is 1. The topological polar surface area (TPSA) is 29.5 Å². The minimum atomic E-state index is -0.204. The molecule has 0 bridgehead atoms. The Bertz CT molecular complexity index is 183. The molecular weight excluding hydrogens is 154 g/mol. The van der Waals surface area contributed by atoms with E-state index in [4.69, 9.17) is 4.74 Å². The van der Waals surface area contributed by atoms with Gasteiger partial charge in [0, 0.05) is 25.6 Å². The lowest BCUT2D eigenvalue weighted by Gasteiger charge is -2.31. The van der Waals surface area contributed by atoms with Gasteiger partial charge in [-0.15, -0.1) is 0 Å². The summed E-state index contributed by atoms with van der Waals surface area (Å²) in [6, 6.07) is 0. The van der Waals surface area contributed by atoms with Crippen LogP contribution in [0.15, 0.2) is 0 Å². The molecule has 1 atom stereocenters. The van der Waals surface area contributed by atoms with Gasteiger partial charge in [-0.1, -0.05) is 0 Å². The zero-order valence-electron chi connectivity index (χ0n) is 8.26. The minimum Gasteiger partial charge on any atom is -0.372 e. The molecule has 1 heterocycles. The second-order valence-corrected chi connectivity index (χ2v) is 4.17. The van der Waals surface area contributed by atoms with Crippen LogP contribution in [0.3, 0.4) is 0 Å². The van der Waals surface area contributed by atoms with Crippen molar-refractivity contribution in [2.45, 2.75) is 38.8 Å². The van der Waals surface area contributed by atoms with Crippen molar-refractivity contribution in [2.75, 3.05) is 13.7 Å². The van der Waals surface area contributed by atoms with E-state index in [0.717, 1.165) is 13.0 Å². The van der Waals surface area contributed by atoms with Gasteiger partial charge in [-0.3, -0.25) is 4.79 Å². The molecule has 0 N–H and O–H groups in total. The van der Waals surface area contributed by atoms with Gasteiger partial charge >= 0.3 is 0 Å². The number of rotatable bonds is 1. The normalized spacial score (nSPS) is 25.2. The lowest BCUT2D eigenvalue weighted by Crippen LogP contribution is -2.44. The van der Waals surface area contributed by atoms with E-state index >= 15 is 0 Å². The number of likely N-dealkylation sites (tertiary alicyclic amines) is 1. The van der Waals surface area contributed by atoms with Crippen LogP contribution < -0.4 is 0 Å². The molecule has 3 heteroatoms. The maximum atomic E-state index is 11.6. The van der Waals surface area contributed by atoms with Gasteiger partial charge in [-0.25, -0.2) is 0 Å². The van der Waals surface area contributed by atoms with Gasteiger partial charge in [0.1, 0.15) is 6.10 Å². The van der Waals surface area contributed by atoms with E-state index < -0.39 is 0 Å². The van der Waals surface area contributed by atoms with Gasteiger partial charge in [0.25, 0.3) is 5.91 Å². The summed E-state index contributed by atoms with van der Waals surface area (Å²) in [5.74, 6) is 0.130. The third-order valence-corrected chi connectivity index (χ3v) is 2.25. The molecule has 0 aromatic carbocycles. The van der Waals surface area contributed by atoms with Crippen molar-refractivity contribution < 1.29 is 9.53 Å². The van der Waals surface area contributed by atoms with E-state index in [9.17, 15) is 4.79 Å². The van der Waals surface area contributed by atoms with Crippen molar-refractivity contribution in [2.24, 2.45) is 0 Å². The first kappa shape index (κ1) is 9.52. The van der Waals surface area contributed by atoms with E-state index in [1.54, 1.807) is 7.11 Å². The smallest absolute Gasteiger partial charge is 0.252 e. The summed E-state index contributed by atoms with van der Waals surface area (Å²) < 4.78 is 5.06. The summed E-state index contributed by atoms with van der Waals surface area (Å²) in [4.78, 5) is 13.5. The van der Waals surface area contributed by atoms with Crippen molar-refractivity contribution in [1.82, 2.24) is 4.90 Å². The SMILES string of the molecule is CO[C@H]1CCN(C(C)(C)C)C1=O. The van der Waals surface area contributed by atoms with Crippen LogP contribution in [0.2, 0.25) is 0 Å². The first-order chi connectivity index (χ1) is 5.46. The highest BCUT2D eigenvalue weighted by Gasteiger charge is 2.37. The number of ether oxygens (including phenoxy) is 1. The molecule has 70 valence electrons. The Hall–Kier alpha value is -0.570. The molecular formula is C9H17NO2. The molecule has 0 saturated carbocycles. The van der Waals surface area contributed by atoms with E-state index in [0.29, 0.717) is 0 Å². The molecule has 12 heavy (non-hydrogen) atoms. The average Bonchev–Trinajstić information content (AvgIpc) is 2.29. The number of methoxy groups -OCH3 is 1. The van der Waals surface area contributed by atoms with Gasteiger partial charge in [-0.2, -0.15) is 0 Å². The molecule has 1 aliphatic heterocycles. The van der Waals surface area contributed by atoms with Gasteiger partial charge in [0.2, 0.25) is 0 Å². The van der Waals surface area contributed by atoms with E-state index in [2.05, 4.69) is 0 Å². The fourth-order valence-corrected chi connectivity index (χ4v) is 1.54. The first-order valence-electron chi connectivity index (χ1n) is 4.31. The van der Waals surface area contributed by atoms with Gasteiger partial charge in [0.15, 0.2) is 0 Å². The predicted molar refractivity (Wildman–Crippen MR) is 46.9 cm³/mol. The van der Waals surface area contributed by atoms with Gasteiger partial charge < -0.3 is 9.64 Å². The van der Waals surface area contributed by atoms with Crippen LogP contribution in [0.5, 0.6) is 0 Å². The maximum Gasteiger partial charge on any atom is 0.252 e. The summed E-state index contributed by atoms with van der Waals surface area (Å²) in [6.45, 7) is 6.95. The standard InChI is InChI=1S/C9H17NO2/c1-9(2,3)10-6-5-7(12-4)8(10)11/h7H,5-6H2,1-4H3/t7-/m0/s1. The highest BCUT2D eigenvalue weighted by atomic mass is 16.5. The highest BCUT2D eigenvalue weighted by molar-refractivity contribution is 5.83. The van der Waals surface area contributed by atoms with E-state index in [1.165, 1.54) is 0 Å². The summed E-state index contributed by atoms with van der Waals surface area (Å²) >= 11 is 0. The Balaban J connectivity index is 2.67. The number of nitrogens with zero attached hydrogens (tertiary/aromatic N) is 1. The summed E-state index contributed by atoms with van der Waals surface area (Å²) in [6.07, 6.45) is 0.622. The third-order valence-electron chi connectivity index (χ3n) is 2.25. The second kappa shape index (κ2) is 3.05. The Morgan fingerprint density at radius 3 is 2.33 bits per heavy atom.